The fraction of sp³-hybridized carbons (Fsp3) is 0.929. The number of rotatable bonds is 23. The molecule has 0 aliphatic heterocycles. The average Bonchev–Trinajstić information content (AvgIpc) is 2.81. The molecule has 0 radical (unpaired) electrons. The molecule has 0 amide bonds. The van der Waals surface area contributed by atoms with E-state index >= 15 is 0 Å². The molecule has 0 saturated carbocycles. The Labute approximate surface area is 210 Å². The van der Waals surface area contributed by atoms with E-state index in [1.165, 1.54) is 89.9 Å². The van der Waals surface area contributed by atoms with Crippen molar-refractivity contribution in [3.8, 4) is 0 Å². The van der Waals surface area contributed by atoms with E-state index < -0.39 is 11.9 Å². The van der Waals surface area contributed by atoms with Crippen molar-refractivity contribution < 1.29 is 30.0 Å². The molecule has 0 bridgehead atoms. The van der Waals surface area contributed by atoms with Gasteiger partial charge in [-0.1, -0.05) is 117 Å². The van der Waals surface area contributed by atoms with E-state index in [2.05, 4.69) is 13.8 Å². The van der Waals surface area contributed by atoms with Crippen LogP contribution in [-0.2, 0) is 9.59 Å². The minimum atomic E-state index is -0.659. The Bertz CT molecular complexity index is 351. The zero-order chi connectivity index (χ0) is 26.1. The van der Waals surface area contributed by atoms with Crippen LogP contribution in [0.4, 0.5) is 0 Å². The molecule has 0 atom stereocenters. The molecule has 4 N–H and O–H groups in total. The predicted octanol–water partition coefficient (Wildman–Crippen LogP) is 7.74. The summed E-state index contributed by atoms with van der Waals surface area (Å²) in [5.74, 6) is -1.32. The van der Waals surface area contributed by atoms with Gasteiger partial charge in [0.2, 0.25) is 0 Å². The highest BCUT2D eigenvalue weighted by atomic mass is 16.4. The summed E-state index contributed by atoms with van der Waals surface area (Å²) < 4.78 is 0. The van der Waals surface area contributed by atoms with Crippen LogP contribution in [0.1, 0.15) is 155 Å². The lowest BCUT2D eigenvalue weighted by molar-refractivity contribution is -0.138. The molecule has 0 heterocycles. The molecule has 0 spiro atoms. The Morgan fingerprint density at radius 1 is 0.412 bits per heavy atom. The number of carbonyl (C=O) groups is 2. The third kappa shape index (κ3) is 48.3. The second-order valence-corrected chi connectivity index (χ2v) is 9.10. The summed E-state index contributed by atoms with van der Waals surface area (Å²) in [7, 11) is 0. The first-order chi connectivity index (χ1) is 16.5. The van der Waals surface area contributed by atoms with Gasteiger partial charge in [0.05, 0.1) is 0 Å². The molecule has 6 heteroatoms. The maximum absolute atomic E-state index is 10.2. The Hall–Kier alpha value is -1.14. The number of carboxylic acid groups (broad SMARTS) is 2. The smallest absolute Gasteiger partial charge is 0.303 e. The number of hydrogen-bond donors (Lipinski definition) is 4. The van der Waals surface area contributed by atoms with E-state index in [1.807, 2.05) is 0 Å². The van der Waals surface area contributed by atoms with Gasteiger partial charge < -0.3 is 20.4 Å². The monoisotopic (exact) mass is 490 g/mol. The molecule has 0 aliphatic rings. The van der Waals surface area contributed by atoms with Crippen LogP contribution in [0.2, 0.25) is 0 Å². The Morgan fingerprint density at radius 2 is 0.647 bits per heavy atom. The van der Waals surface area contributed by atoms with Crippen LogP contribution in [0.15, 0.2) is 0 Å². The van der Waals surface area contributed by atoms with Crippen molar-refractivity contribution >= 4 is 11.9 Å². The number of hydrogen-bond acceptors (Lipinski definition) is 4. The molecule has 0 aromatic rings. The Morgan fingerprint density at radius 3 is 0.853 bits per heavy atom. The standard InChI is InChI=1S/2C12H24O2.C4H10O2/c2*1-2-3-4-5-6-7-8-9-10-11-12(13)14;5-3-1-2-4-6/h2*2-11H2,1H3,(H,13,14);5-6H,1-4H2. The third-order valence-corrected chi connectivity index (χ3v) is 5.55. The van der Waals surface area contributed by atoms with Crippen LogP contribution >= 0.6 is 0 Å². The van der Waals surface area contributed by atoms with Gasteiger partial charge in [-0.2, -0.15) is 0 Å². The van der Waals surface area contributed by atoms with Crippen LogP contribution in [0.25, 0.3) is 0 Å². The van der Waals surface area contributed by atoms with Crippen molar-refractivity contribution in [3.05, 3.63) is 0 Å². The molecule has 206 valence electrons. The van der Waals surface area contributed by atoms with E-state index in [0.717, 1.165) is 38.5 Å². The first kappa shape index (κ1) is 37.4. The van der Waals surface area contributed by atoms with E-state index in [1.54, 1.807) is 0 Å². The molecule has 0 saturated heterocycles. The zero-order valence-corrected chi connectivity index (χ0v) is 22.6. The summed E-state index contributed by atoms with van der Waals surface area (Å²) >= 11 is 0. The first-order valence-electron chi connectivity index (χ1n) is 14.1. The second kappa shape index (κ2) is 36.4. The molecule has 0 aliphatic carbocycles. The highest BCUT2D eigenvalue weighted by Crippen LogP contribution is 2.11. The van der Waals surface area contributed by atoms with Crippen molar-refractivity contribution in [1.82, 2.24) is 0 Å². The van der Waals surface area contributed by atoms with Crippen LogP contribution in [0, 0.1) is 0 Å². The lowest BCUT2D eigenvalue weighted by Gasteiger charge is -2.00. The fourth-order valence-corrected chi connectivity index (χ4v) is 3.40. The summed E-state index contributed by atoms with van der Waals surface area (Å²) in [6.07, 6.45) is 24.4. The van der Waals surface area contributed by atoms with Crippen molar-refractivity contribution in [2.45, 2.75) is 155 Å². The van der Waals surface area contributed by atoms with Gasteiger partial charge in [0.15, 0.2) is 0 Å². The van der Waals surface area contributed by atoms with Crippen molar-refractivity contribution in [3.63, 3.8) is 0 Å². The summed E-state index contributed by atoms with van der Waals surface area (Å²) in [4.78, 5) is 20.4. The van der Waals surface area contributed by atoms with Crippen LogP contribution < -0.4 is 0 Å². The lowest BCUT2D eigenvalue weighted by Crippen LogP contribution is -1.93. The zero-order valence-electron chi connectivity index (χ0n) is 22.6. The highest BCUT2D eigenvalue weighted by molar-refractivity contribution is 5.66. The lowest BCUT2D eigenvalue weighted by atomic mass is 10.1. The average molecular weight is 491 g/mol. The predicted molar refractivity (Wildman–Crippen MR) is 142 cm³/mol. The number of aliphatic hydroxyl groups excluding tert-OH is 2. The number of aliphatic carboxylic acids is 2. The summed E-state index contributed by atoms with van der Waals surface area (Å²) in [6.45, 7) is 4.85. The largest absolute Gasteiger partial charge is 0.481 e. The molecule has 34 heavy (non-hydrogen) atoms. The van der Waals surface area contributed by atoms with Gasteiger partial charge >= 0.3 is 11.9 Å². The minimum Gasteiger partial charge on any atom is -0.481 e. The summed E-state index contributed by atoms with van der Waals surface area (Å²) in [5.41, 5.74) is 0. The minimum absolute atomic E-state index is 0.195. The van der Waals surface area contributed by atoms with E-state index in [9.17, 15) is 9.59 Å². The molecule has 0 rings (SSSR count). The molecule has 0 aromatic carbocycles. The summed E-state index contributed by atoms with van der Waals surface area (Å²) in [5, 5.41) is 33.0. The molecule has 0 fully saturated rings. The van der Waals surface area contributed by atoms with Gasteiger partial charge in [-0.3, -0.25) is 9.59 Å². The second-order valence-electron chi connectivity index (χ2n) is 9.10. The number of carboxylic acids is 2. The van der Waals surface area contributed by atoms with Crippen molar-refractivity contribution in [2.24, 2.45) is 0 Å². The normalized spacial score (nSPS) is 10.1. The molecule has 0 unspecified atom stereocenters. The van der Waals surface area contributed by atoms with Gasteiger partial charge in [-0.25, -0.2) is 0 Å². The van der Waals surface area contributed by atoms with E-state index in [-0.39, 0.29) is 13.2 Å². The van der Waals surface area contributed by atoms with Gasteiger partial charge in [0, 0.05) is 26.1 Å². The molecular weight excluding hydrogens is 432 g/mol. The fourth-order valence-electron chi connectivity index (χ4n) is 3.40. The summed E-state index contributed by atoms with van der Waals surface area (Å²) in [6, 6.07) is 0. The highest BCUT2D eigenvalue weighted by Gasteiger charge is 1.97. The maximum atomic E-state index is 10.2. The third-order valence-electron chi connectivity index (χ3n) is 5.55. The van der Waals surface area contributed by atoms with Crippen molar-refractivity contribution in [1.29, 1.82) is 0 Å². The Kier molecular flexibility index (Phi) is 40.1. The number of aliphatic hydroxyl groups is 2. The van der Waals surface area contributed by atoms with Crippen molar-refractivity contribution in [2.75, 3.05) is 13.2 Å². The van der Waals surface area contributed by atoms with Gasteiger partial charge in [0.25, 0.3) is 0 Å². The molecular formula is C28H58O6. The van der Waals surface area contributed by atoms with E-state index in [0.29, 0.717) is 12.8 Å². The SMILES string of the molecule is CCCCCCCCCCCC(=O)O.CCCCCCCCCCCC(=O)O.OCCCCO. The van der Waals surface area contributed by atoms with Crippen LogP contribution in [0.5, 0.6) is 0 Å². The van der Waals surface area contributed by atoms with Gasteiger partial charge in [0.1, 0.15) is 0 Å². The maximum Gasteiger partial charge on any atom is 0.303 e. The van der Waals surface area contributed by atoms with Gasteiger partial charge in [-0.15, -0.1) is 0 Å². The van der Waals surface area contributed by atoms with Crippen LogP contribution in [-0.4, -0.2) is 45.6 Å². The number of unbranched alkanes of at least 4 members (excludes halogenated alkanes) is 17. The Balaban J connectivity index is -0.000000458. The first-order valence-corrected chi connectivity index (χ1v) is 14.1. The van der Waals surface area contributed by atoms with Crippen LogP contribution in [0.3, 0.4) is 0 Å². The van der Waals surface area contributed by atoms with E-state index in [4.69, 9.17) is 20.4 Å². The van der Waals surface area contributed by atoms with Gasteiger partial charge in [-0.05, 0) is 25.7 Å². The molecule has 6 nitrogen and oxygen atoms in total. The quantitative estimate of drug-likeness (QED) is 0.109. The topological polar surface area (TPSA) is 115 Å². The molecule has 0 aromatic heterocycles.